The lowest BCUT2D eigenvalue weighted by atomic mass is 10.3. The molecule has 16 heavy (non-hydrogen) atoms. The molecule has 0 aliphatic rings. The summed E-state index contributed by atoms with van der Waals surface area (Å²) in [4.78, 5) is 23.9. The van der Waals surface area contributed by atoms with Crippen molar-refractivity contribution in [2.75, 3.05) is 0 Å². The molecule has 2 heterocycles. The van der Waals surface area contributed by atoms with Gasteiger partial charge < -0.3 is 0 Å². The summed E-state index contributed by atoms with van der Waals surface area (Å²) in [7, 11) is 1.59. The maximum Gasteiger partial charge on any atom is 0.345 e. The smallest absolute Gasteiger partial charge is 0.291 e. The minimum Gasteiger partial charge on any atom is -0.291 e. The van der Waals surface area contributed by atoms with Crippen LogP contribution in [-0.4, -0.2) is 20.1 Å². The fraction of sp³-hybridized carbons (Fsp3) is 0.222. The number of aromatic nitrogens is 3. The van der Waals surface area contributed by atoms with E-state index in [2.05, 4.69) is 21.0 Å². The molecule has 0 fully saturated rings. The van der Waals surface area contributed by atoms with Crippen LogP contribution in [0.2, 0.25) is 0 Å². The van der Waals surface area contributed by atoms with Crippen molar-refractivity contribution in [3.05, 3.63) is 37.6 Å². The van der Waals surface area contributed by atoms with Crippen LogP contribution in [-0.2, 0) is 13.6 Å². The van der Waals surface area contributed by atoms with Gasteiger partial charge in [-0.2, -0.15) is 5.10 Å². The van der Waals surface area contributed by atoms with Gasteiger partial charge in [0, 0.05) is 11.5 Å². The molecule has 0 bridgehead atoms. The van der Waals surface area contributed by atoms with Gasteiger partial charge in [-0.05, 0) is 27.4 Å². The Kier molecular flexibility index (Phi) is 3.06. The fourth-order valence-electron chi connectivity index (χ4n) is 1.23. The van der Waals surface area contributed by atoms with Crippen molar-refractivity contribution in [3.63, 3.8) is 0 Å². The Hall–Kier alpha value is -1.21. The van der Waals surface area contributed by atoms with Crippen LogP contribution in [0.4, 0.5) is 0 Å². The molecular formula is C9H8BrN3O2S. The van der Waals surface area contributed by atoms with Crippen LogP contribution in [0.15, 0.2) is 27.0 Å². The molecule has 0 radical (unpaired) electrons. The van der Waals surface area contributed by atoms with Crippen molar-refractivity contribution in [1.82, 2.24) is 14.3 Å². The van der Waals surface area contributed by atoms with E-state index in [1.165, 1.54) is 22.2 Å². The van der Waals surface area contributed by atoms with Crippen molar-refractivity contribution >= 4 is 33.0 Å². The summed E-state index contributed by atoms with van der Waals surface area (Å²) >= 11 is 4.62. The maximum absolute atomic E-state index is 11.8. The first-order valence-electron chi connectivity index (χ1n) is 4.44. The fourth-order valence-corrected chi connectivity index (χ4v) is 2.76. The molecule has 0 saturated carbocycles. The molecule has 0 atom stereocenters. The molecule has 0 N–H and O–H groups in total. The number of halogens is 1. The van der Waals surface area contributed by atoms with Gasteiger partial charge in [-0.15, -0.1) is 11.3 Å². The maximum atomic E-state index is 11.8. The van der Waals surface area contributed by atoms with E-state index in [1.54, 1.807) is 13.1 Å². The highest BCUT2D eigenvalue weighted by atomic mass is 79.9. The zero-order chi connectivity index (χ0) is 11.7. The zero-order valence-corrected chi connectivity index (χ0v) is 10.8. The Morgan fingerprint density at radius 3 is 2.88 bits per heavy atom. The van der Waals surface area contributed by atoms with Crippen LogP contribution in [0.1, 0.15) is 9.67 Å². The van der Waals surface area contributed by atoms with E-state index >= 15 is 0 Å². The molecule has 84 valence electrons. The molecule has 7 heteroatoms. The van der Waals surface area contributed by atoms with Crippen LogP contribution in [0.5, 0.6) is 0 Å². The number of nitrogens with zero attached hydrogens (tertiary/aromatic N) is 3. The third-order valence-corrected chi connectivity index (χ3v) is 3.93. The van der Waals surface area contributed by atoms with E-state index < -0.39 is 0 Å². The molecule has 0 aliphatic carbocycles. The van der Waals surface area contributed by atoms with Gasteiger partial charge in [0.2, 0.25) is 0 Å². The molecule has 2 aromatic heterocycles. The Balaban J connectivity index is 2.24. The second-order valence-corrected chi connectivity index (χ2v) is 4.97. The Bertz CT molecular complexity index is 584. The minimum atomic E-state index is -0.291. The highest BCUT2D eigenvalue weighted by Crippen LogP contribution is 2.23. The predicted molar refractivity (Wildman–Crippen MR) is 63.8 cm³/mol. The van der Waals surface area contributed by atoms with Gasteiger partial charge in [-0.1, -0.05) is 0 Å². The number of rotatable bonds is 3. The standard InChI is InChI=1S/C9H8BrN3O2S/c1-12-5-11-13(9(12)15)4-7(14)8-6(10)2-3-16-8/h2-3,5H,4H2,1H3. The van der Waals surface area contributed by atoms with Crippen molar-refractivity contribution in [2.45, 2.75) is 6.54 Å². The van der Waals surface area contributed by atoms with Crippen molar-refractivity contribution in [3.8, 4) is 0 Å². The summed E-state index contributed by atoms with van der Waals surface area (Å²) in [5.74, 6) is -0.123. The number of thiophene rings is 1. The van der Waals surface area contributed by atoms with Crippen LogP contribution in [0, 0.1) is 0 Å². The van der Waals surface area contributed by atoms with Gasteiger partial charge in [0.15, 0.2) is 5.78 Å². The van der Waals surface area contributed by atoms with Crippen molar-refractivity contribution in [2.24, 2.45) is 7.05 Å². The number of hydrogen-bond acceptors (Lipinski definition) is 4. The van der Waals surface area contributed by atoms with Crippen molar-refractivity contribution < 1.29 is 4.79 Å². The second kappa shape index (κ2) is 4.34. The number of Topliss-reactive ketones (excluding diaryl/α,β-unsaturated/α-hetero) is 1. The first-order chi connectivity index (χ1) is 7.59. The lowest BCUT2D eigenvalue weighted by Crippen LogP contribution is -2.26. The number of ketones is 1. The molecule has 0 spiro atoms. The van der Waals surface area contributed by atoms with E-state index in [1.807, 2.05) is 5.38 Å². The van der Waals surface area contributed by atoms with Gasteiger partial charge in [-0.3, -0.25) is 9.36 Å². The van der Waals surface area contributed by atoms with Crippen LogP contribution in [0.25, 0.3) is 0 Å². The average Bonchev–Trinajstić information content (AvgIpc) is 2.79. The topological polar surface area (TPSA) is 56.9 Å². The van der Waals surface area contributed by atoms with Crippen LogP contribution >= 0.6 is 27.3 Å². The lowest BCUT2D eigenvalue weighted by molar-refractivity contribution is 0.0969. The third kappa shape index (κ3) is 2.00. The first-order valence-corrected chi connectivity index (χ1v) is 6.11. The van der Waals surface area contributed by atoms with Crippen molar-refractivity contribution in [1.29, 1.82) is 0 Å². The van der Waals surface area contributed by atoms with Gasteiger partial charge in [0.05, 0.1) is 4.88 Å². The largest absolute Gasteiger partial charge is 0.345 e. The molecule has 5 nitrogen and oxygen atoms in total. The first kappa shape index (κ1) is 11.3. The molecule has 2 rings (SSSR count). The highest BCUT2D eigenvalue weighted by molar-refractivity contribution is 9.10. The summed E-state index contributed by atoms with van der Waals surface area (Å²) in [5.41, 5.74) is -0.291. The molecule has 0 saturated heterocycles. The summed E-state index contributed by atoms with van der Waals surface area (Å²) in [6.07, 6.45) is 1.39. The quantitative estimate of drug-likeness (QED) is 0.803. The number of carbonyl (C=O) groups is 1. The minimum absolute atomic E-state index is 0.0290. The highest BCUT2D eigenvalue weighted by Gasteiger charge is 2.14. The van der Waals surface area contributed by atoms with E-state index in [4.69, 9.17) is 0 Å². The summed E-state index contributed by atoms with van der Waals surface area (Å²) in [5, 5.41) is 5.65. The van der Waals surface area contributed by atoms with Gasteiger partial charge in [0.25, 0.3) is 0 Å². The molecule has 0 amide bonds. The number of hydrogen-bond donors (Lipinski definition) is 0. The predicted octanol–water partition coefficient (Wildman–Crippen LogP) is 1.29. The van der Waals surface area contributed by atoms with Gasteiger partial charge >= 0.3 is 5.69 Å². The summed E-state index contributed by atoms with van der Waals surface area (Å²) in [6.45, 7) is -0.0290. The summed E-state index contributed by atoms with van der Waals surface area (Å²) < 4.78 is 3.23. The summed E-state index contributed by atoms with van der Waals surface area (Å²) in [6, 6.07) is 1.80. The number of aryl methyl sites for hydroxylation is 1. The Morgan fingerprint density at radius 2 is 2.38 bits per heavy atom. The molecule has 0 aromatic carbocycles. The van der Waals surface area contributed by atoms with Crippen LogP contribution < -0.4 is 5.69 Å². The lowest BCUT2D eigenvalue weighted by Gasteiger charge is -1.97. The monoisotopic (exact) mass is 301 g/mol. The number of carbonyl (C=O) groups excluding carboxylic acids is 1. The van der Waals surface area contributed by atoms with E-state index in [9.17, 15) is 9.59 Å². The van der Waals surface area contributed by atoms with Crippen LogP contribution in [0.3, 0.4) is 0 Å². The Morgan fingerprint density at radius 1 is 1.62 bits per heavy atom. The van der Waals surface area contributed by atoms with Gasteiger partial charge in [0.1, 0.15) is 12.9 Å². The van der Waals surface area contributed by atoms with Gasteiger partial charge in [-0.25, -0.2) is 9.48 Å². The Labute approximate surface area is 103 Å². The molecule has 0 aliphatic heterocycles. The molecular weight excluding hydrogens is 294 g/mol. The van der Waals surface area contributed by atoms with E-state index in [0.717, 1.165) is 9.15 Å². The molecule has 0 unspecified atom stereocenters. The molecule has 2 aromatic rings. The SMILES string of the molecule is Cn1cnn(CC(=O)c2sccc2Br)c1=O. The second-order valence-electron chi connectivity index (χ2n) is 3.20. The zero-order valence-electron chi connectivity index (χ0n) is 8.38. The van der Waals surface area contributed by atoms with E-state index in [0.29, 0.717) is 4.88 Å². The average molecular weight is 302 g/mol. The van der Waals surface area contributed by atoms with E-state index in [-0.39, 0.29) is 18.0 Å². The third-order valence-electron chi connectivity index (χ3n) is 2.05. The normalized spacial score (nSPS) is 10.6.